The third kappa shape index (κ3) is 4.64. The number of aromatic amines is 1. The molecule has 1 aromatic heterocycles. The highest BCUT2D eigenvalue weighted by Crippen LogP contribution is 2.32. The van der Waals surface area contributed by atoms with E-state index in [0.717, 1.165) is 0 Å². The number of hydrogen-bond donors (Lipinski definition) is 2. The average Bonchev–Trinajstić information content (AvgIpc) is 3.28. The predicted molar refractivity (Wildman–Crippen MR) is 110 cm³/mol. The van der Waals surface area contributed by atoms with Crippen LogP contribution >= 0.6 is 0 Å². The Morgan fingerprint density at radius 1 is 1.03 bits per heavy atom. The van der Waals surface area contributed by atoms with Gasteiger partial charge in [0.25, 0.3) is 5.91 Å². The molecule has 3 rings (SSSR count). The Labute approximate surface area is 172 Å². The summed E-state index contributed by atoms with van der Waals surface area (Å²) < 4.78 is 15.2. The Morgan fingerprint density at radius 2 is 1.80 bits per heavy atom. The average molecular weight is 408 g/mol. The number of hydrazone groups is 1. The van der Waals surface area contributed by atoms with Gasteiger partial charge in [-0.25, -0.2) is 10.2 Å². The van der Waals surface area contributed by atoms with Gasteiger partial charge in [-0.15, -0.1) is 0 Å². The molecule has 2 N–H and O–H groups in total. The lowest BCUT2D eigenvalue weighted by Gasteiger charge is -2.08. The summed E-state index contributed by atoms with van der Waals surface area (Å²) >= 11 is 0. The van der Waals surface area contributed by atoms with Crippen molar-refractivity contribution < 1.29 is 23.8 Å². The van der Waals surface area contributed by atoms with Gasteiger partial charge in [0.1, 0.15) is 17.2 Å². The molecule has 0 saturated carbocycles. The van der Waals surface area contributed by atoms with E-state index in [2.05, 4.69) is 25.5 Å². The van der Waals surface area contributed by atoms with Crippen LogP contribution < -0.4 is 14.9 Å². The van der Waals surface area contributed by atoms with Gasteiger partial charge >= 0.3 is 5.97 Å². The molecule has 0 aliphatic heterocycles. The number of aromatic nitrogens is 2. The number of methoxy groups -OCH3 is 3. The second-order valence-electron chi connectivity index (χ2n) is 6.05. The van der Waals surface area contributed by atoms with Crippen molar-refractivity contribution in [2.75, 3.05) is 21.3 Å². The minimum atomic E-state index is -0.460. The second kappa shape index (κ2) is 9.37. The van der Waals surface area contributed by atoms with Crippen LogP contribution in [0.4, 0.5) is 0 Å². The van der Waals surface area contributed by atoms with Crippen molar-refractivity contribution >= 4 is 18.1 Å². The van der Waals surface area contributed by atoms with Crippen molar-refractivity contribution in [3.05, 3.63) is 65.4 Å². The van der Waals surface area contributed by atoms with Gasteiger partial charge in [0.15, 0.2) is 0 Å². The molecule has 1 amide bonds. The zero-order chi connectivity index (χ0) is 21.5. The third-order valence-electron chi connectivity index (χ3n) is 4.22. The fourth-order valence-corrected chi connectivity index (χ4v) is 2.64. The Kier molecular flexibility index (Phi) is 6.43. The number of amides is 1. The number of ether oxygens (including phenoxy) is 3. The molecule has 3 aromatic rings. The molecule has 0 fully saturated rings. The van der Waals surface area contributed by atoms with Crippen LogP contribution in [0.15, 0.2) is 53.6 Å². The Hall–Kier alpha value is -4.14. The number of hydrogen-bond acceptors (Lipinski definition) is 7. The fraction of sp³-hybridized carbons (Fsp3) is 0.143. The zero-order valence-corrected chi connectivity index (χ0v) is 16.6. The Bertz CT molecular complexity index is 1070. The van der Waals surface area contributed by atoms with Crippen molar-refractivity contribution in [2.24, 2.45) is 5.10 Å². The molecule has 2 aromatic carbocycles. The summed E-state index contributed by atoms with van der Waals surface area (Å²) in [6.07, 6.45) is 1.46. The number of rotatable bonds is 7. The van der Waals surface area contributed by atoms with Crippen LogP contribution in [-0.4, -0.2) is 49.6 Å². The third-order valence-corrected chi connectivity index (χ3v) is 4.22. The number of carbonyl (C=O) groups excluding carboxylic acids is 2. The van der Waals surface area contributed by atoms with E-state index in [0.29, 0.717) is 33.9 Å². The lowest BCUT2D eigenvalue weighted by Crippen LogP contribution is -2.18. The zero-order valence-electron chi connectivity index (χ0n) is 16.6. The SMILES string of the molecule is COC(=O)c1ccc(/C=N\NC(=O)c2cc(-c3cc(OC)ccc3OC)n[nH]2)cc1. The first-order valence-corrected chi connectivity index (χ1v) is 8.85. The largest absolute Gasteiger partial charge is 0.497 e. The first kappa shape index (κ1) is 20.6. The van der Waals surface area contributed by atoms with Crippen LogP contribution in [0.3, 0.4) is 0 Å². The molecule has 0 radical (unpaired) electrons. The standard InChI is InChI=1S/C21H20N4O5/c1-28-15-8-9-19(29-2)16(10-15)17-11-18(24-23-17)20(26)25-22-12-13-4-6-14(7-5-13)21(27)30-3/h4-12H,1-3H3,(H,23,24)(H,25,26)/b22-12-. The first-order valence-electron chi connectivity index (χ1n) is 8.85. The number of nitrogens with zero attached hydrogens (tertiary/aromatic N) is 2. The lowest BCUT2D eigenvalue weighted by atomic mass is 10.1. The van der Waals surface area contributed by atoms with Crippen LogP contribution in [-0.2, 0) is 4.74 Å². The summed E-state index contributed by atoms with van der Waals surface area (Å²) in [5.74, 6) is 0.359. The molecular formula is C21H20N4O5. The normalized spacial score (nSPS) is 10.6. The second-order valence-corrected chi connectivity index (χ2v) is 6.05. The highest BCUT2D eigenvalue weighted by molar-refractivity contribution is 5.94. The summed E-state index contributed by atoms with van der Waals surface area (Å²) in [5, 5.41) is 10.8. The summed E-state index contributed by atoms with van der Waals surface area (Å²) in [6.45, 7) is 0. The van der Waals surface area contributed by atoms with Crippen LogP contribution in [0, 0.1) is 0 Å². The molecule has 0 aliphatic carbocycles. The van der Waals surface area contributed by atoms with Crippen LogP contribution in [0.2, 0.25) is 0 Å². The molecule has 1 heterocycles. The van der Waals surface area contributed by atoms with Gasteiger partial charge in [-0.2, -0.15) is 10.2 Å². The number of nitrogens with one attached hydrogen (secondary N) is 2. The summed E-state index contributed by atoms with van der Waals surface area (Å²) in [4.78, 5) is 23.8. The fourth-order valence-electron chi connectivity index (χ4n) is 2.64. The number of esters is 1. The van der Waals surface area contributed by atoms with E-state index in [1.807, 2.05) is 0 Å². The van der Waals surface area contributed by atoms with Gasteiger partial charge in [-0.3, -0.25) is 9.89 Å². The van der Waals surface area contributed by atoms with E-state index in [1.54, 1.807) is 62.8 Å². The molecule has 0 bridgehead atoms. The molecule has 154 valence electrons. The Balaban J connectivity index is 1.68. The van der Waals surface area contributed by atoms with Gasteiger partial charge in [0.05, 0.1) is 38.8 Å². The molecule has 9 nitrogen and oxygen atoms in total. The topological polar surface area (TPSA) is 115 Å². The minimum absolute atomic E-state index is 0.230. The van der Waals surface area contributed by atoms with E-state index < -0.39 is 11.9 Å². The van der Waals surface area contributed by atoms with Crippen molar-refractivity contribution in [1.29, 1.82) is 0 Å². The minimum Gasteiger partial charge on any atom is -0.497 e. The lowest BCUT2D eigenvalue weighted by molar-refractivity contribution is 0.0600. The maximum Gasteiger partial charge on any atom is 0.337 e. The maximum atomic E-state index is 12.3. The van der Waals surface area contributed by atoms with Gasteiger partial charge in [0, 0.05) is 5.56 Å². The number of carbonyl (C=O) groups is 2. The molecule has 0 saturated heterocycles. The number of H-pyrrole nitrogens is 1. The smallest absolute Gasteiger partial charge is 0.337 e. The summed E-state index contributed by atoms with van der Waals surface area (Å²) in [6, 6.07) is 13.5. The monoisotopic (exact) mass is 408 g/mol. The molecule has 0 spiro atoms. The van der Waals surface area contributed by atoms with E-state index in [1.165, 1.54) is 13.3 Å². The highest BCUT2D eigenvalue weighted by Gasteiger charge is 2.14. The Morgan fingerprint density at radius 3 is 2.47 bits per heavy atom. The molecular weight excluding hydrogens is 388 g/mol. The van der Waals surface area contributed by atoms with E-state index in [4.69, 9.17) is 9.47 Å². The molecule has 9 heteroatoms. The van der Waals surface area contributed by atoms with Crippen molar-refractivity contribution in [2.45, 2.75) is 0 Å². The first-order chi connectivity index (χ1) is 14.5. The van der Waals surface area contributed by atoms with Crippen molar-refractivity contribution in [3.8, 4) is 22.8 Å². The molecule has 30 heavy (non-hydrogen) atoms. The highest BCUT2D eigenvalue weighted by atomic mass is 16.5. The van der Waals surface area contributed by atoms with E-state index in [9.17, 15) is 9.59 Å². The van der Waals surface area contributed by atoms with Crippen LogP contribution in [0.25, 0.3) is 11.3 Å². The van der Waals surface area contributed by atoms with Crippen LogP contribution in [0.5, 0.6) is 11.5 Å². The summed E-state index contributed by atoms with van der Waals surface area (Å²) in [5.41, 5.74) is 4.99. The van der Waals surface area contributed by atoms with Gasteiger partial charge in [-0.05, 0) is 42.0 Å². The van der Waals surface area contributed by atoms with Crippen LogP contribution in [0.1, 0.15) is 26.4 Å². The van der Waals surface area contributed by atoms with Crippen molar-refractivity contribution in [3.63, 3.8) is 0 Å². The molecule has 0 unspecified atom stereocenters. The van der Waals surface area contributed by atoms with Gasteiger partial charge < -0.3 is 14.2 Å². The molecule has 0 aliphatic rings. The predicted octanol–water partition coefficient (Wildman–Crippen LogP) is 2.64. The quantitative estimate of drug-likeness (QED) is 0.353. The number of benzene rings is 2. The maximum absolute atomic E-state index is 12.3. The molecule has 0 atom stereocenters. The van der Waals surface area contributed by atoms with E-state index in [-0.39, 0.29) is 5.69 Å². The van der Waals surface area contributed by atoms with Gasteiger partial charge in [0.2, 0.25) is 0 Å². The van der Waals surface area contributed by atoms with Gasteiger partial charge in [-0.1, -0.05) is 12.1 Å². The summed E-state index contributed by atoms with van der Waals surface area (Å²) in [7, 11) is 4.44. The van der Waals surface area contributed by atoms with E-state index >= 15 is 0 Å². The van der Waals surface area contributed by atoms with Crippen molar-refractivity contribution in [1.82, 2.24) is 15.6 Å².